The van der Waals surface area contributed by atoms with Crippen LogP contribution in [0, 0.1) is 0 Å². The van der Waals surface area contributed by atoms with E-state index < -0.39 is 5.97 Å². The van der Waals surface area contributed by atoms with Crippen molar-refractivity contribution in [2.24, 2.45) is 0 Å². The maximum atomic E-state index is 10.5. The van der Waals surface area contributed by atoms with Crippen molar-refractivity contribution in [3.8, 4) is 11.5 Å². The molecule has 6 heteroatoms. The fraction of sp³-hybridized carbons (Fsp3) is 0.200. The van der Waals surface area contributed by atoms with Crippen LogP contribution in [0.4, 0.5) is 0 Å². The highest BCUT2D eigenvalue weighted by molar-refractivity contribution is 9.10. The van der Waals surface area contributed by atoms with E-state index in [-0.39, 0.29) is 6.04 Å². The average Bonchev–Trinajstić information content (AvgIpc) is 2.86. The first-order valence-electron chi connectivity index (χ1n) is 6.38. The molecule has 0 bridgehead atoms. The Hall–Kier alpha value is -2.08. The lowest BCUT2D eigenvalue weighted by Gasteiger charge is -2.06. The van der Waals surface area contributed by atoms with Crippen molar-refractivity contribution in [2.75, 3.05) is 0 Å². The molecule has 21 heavy (non-hydrogen) atoms. The fourth-order valence-electron chi connectivity index (χ4n) is 1.66. The lowest BCUT2D eigenvalue weighted by molar-refractivity contribution is -0.131. The van der Waals surface area contributed by atoms with Gasteiger partial charge in [-0.25, -0.2) is 4.79 Å². The van der Waals surface area contributed by atoms with Gasteiger partial charge in [-0.2, -0.15) is 5.10 Å². The van der Waals surface area contributed by atoms with E-state index >= 15 is 0 Å². The zero-order valence-corrected chi connectivity index (χ0v) is 13.2. The Kier molecular flexibility index (Phi) is 4.80. The number of carboxylic acids is 1. The minimum atomic E-state index is -0.983. The van der Waals surface area contributed by atoms with Gasteiger partial charge in [0.2, 0.25) is 0 Å². The summed E-state index contributed by atoms with van der Waals surface area (Å²) in [7, 11) is 0. The summed E-state index contributed by atoms with van der Waals surface area (Å²) in [4.78, 5) is 10.5. The van der Waals surface area contributed by atoms with Gasteiger partial charge in [0.25, 0.3) is 0 Å². The quantitative estimate of drug-likeness (QED) is 0.823. The second-order valence-electron chi connectivity index (χ2n) is 4.71. The summed E-state index contributed by atoms with van der Waals surface area (Å²) in [6.07, 6.45) is 6.10. The van der Waals surface area contributed by atoms with Gasteiger partial charge < -0.3 is 9.84 Å². The molecule has 5 nitrogen and oxygen atoms in total. The van der Waals surface area contributed by atoms with Gasteiger partial charge in [-0.3, -0.25) is 4.68 Å². The van der Waals surface area contributed by atoms with Crippen LogP contribution in [0.15, 0.2) is 41.1 Å². The van der Waals surface area contributed by atoms with Crippen molar-refractivity contribution in [3.05, 3.63) is 46.7 Å². The van der Waals surface area contributed by atoms with Gasteiger partial charge in [0, 0.05) is 16.6 Å². The minimum absolute atomic E-state index is 0.276. The van der Waals surface area contributed by atoms with Crippen molar-refractivity contribution in [1.82, 2.24) is 9.78 Å². The predicted molar refractivity (Wildman–Crippen MR) is 83.5 cm³/mol. The summed E-state index contributed by atoms with van der Waals surface area (Å²) in [5, 5.41) is 12.8. The van der Waals surface area contributed by atoms with Crippen molar-refractivity contribution < 1.29 is 14.6 Å². The molecule has 1 aromatic heterocycles. The summed E-state index contributed by atoms with van der Waals surface area (Å²) >= 11 is 3.39. The maximum absolute atomic E-state index is 10.5. The predicted octanol–water partition coefficient (Wildman–Crippen LogP) is 4.12. The number of nitrogens with zero attached hydrogens (tertiary/aromatic N) is 2. The number of aromatic nitrogens is 2. The van der Waals surface area contributed by atoms with Crippen LogP contribution in [0.1, 0.15) is 25.5 Å². The number of hydrogen-bond donors (Lipinski definition) is 1. The summed E-state index contributed by atoms with van der Waals surface area (Å²) < 4.78 is 8.29. The maximum Gasteiger partial charge on any atom is 0.328 e. The van der Waals surface area contributed by atoms with Crippen LogP contribution in [0.3, 0.4) is 0 Å². The molecular weight excluding hydrogens is 336 g/mol. The third kappa shape index (κ3) is 4.19. The van der Waals surface area contributed by atoms with Crippen LogP contribution in [0.5, 0.6) is 11.5 Å². The molecule has 0 fully saturated rings. The first-order valence-corrected chi connectivity index (χ1v) is 7.17. The smallest absolute Gasteiger partial charge is 0.328 e. The van der Waals surface area contributed by atoms with Gasteiger partial charge in [-0.15, -0.1) is 0 Å². The Labute approximate surface area is 131 Å². The van der Waals surface area contributed by atoms with Gasteiger partial charge >= 0.3 is 5.97 Å². The van der Waals surface area contributed by atoms with Crippen LogP contribution >= 0.6 is 15.9 Å². The molecule has 1 heterocycles. The molecule has 0 saturated heterocycles. The third-order valence-electron chi connectivity index (χ3n) is 2.72. The third-order valence-corrected chi connectivity index (χ3v) is 3.41. The Morgan fingerprint density at radius 1 is 1.43 bits per heavy atom. The number of benzene rings is 1. The van der Waals surface area contributed by atoms with Crippen molar-refractivity contribution in [3.63, 3.8) is 0 Å². The monoisotopic (exact) mass is 350 g/mol. The van der Waals surface area contributed by atoms with E-state index in [1.165, 1.54) is 6.08 Å². The summed E-state index contributed by atoms with van der Waals surface area (Å²) in [6.45, 7) is 4.08. The Morgan fingerprint density at radius 3 is 2.76 bits per heavy atom. The first kappa shape index (κ1) is 15.3. The van der Waals surface area contributed by atoms with Crippen LogP contribution in [-0.4, -0.2) is 20.9 Å². The number of ether oxygens (including phenoxy) is 1. The number of rotatable bonds is 5. The summed E-state index contributed by atoms with van der Waals surface area (Å²) in [5.41, 5.74) is 0.766. The van der Waals surface area contributed by atoms with Gasteiger partial charge in [-0.1, -0.05) is 22.0 Å². The van der Waals surface area contributed by atoms with Crippen LogP contribution in [0.2, 0.25) is 0 Å². The molecule has 0 spiro atoms. The van der Waals surface area contributed by atoms with Gasteiger partial charge in [0.15, 0.2) is 5.75 Å². The first-order chi connectivity index (χ1) is 9.95. The lowest BCUT2D eigenvalue weighted by Crippen LogP contribution is -1.99. The molecule has 0 aliphatic carbocycles. The highest BCUT2D eigenvalue weighted by Crippen LogP contribution is 2.28. The number of halogens is 1. The number of hydrogen-bond acceptors (Lipinski definition) is 3. The van der Waals surface area contributed by atoms with E-state index in [1.54, 1.807) is 24.4 Å². The molecule has 2 rings (SSSR count). The fourth-order valence-corrected chi connectivity index (χ4v) is 2.15. The van der Waals surface area contributed by atoms with Crippen LogP contribution in [-0.2, 0) is 4.79 Å². The topological polar surface area (TPSA) is 64.3 Å². The Balaban J connectivity index is 2.14. The molecular formula is C15H15BrN2O3. The molecule has 0 amide bonds. The average molecular weight is 351 g/mol. The van der Waals surface area contributed by atoms with Crippen molar-refractivity contribution in [2.45, 2.75) is 19.9 Å². The van der Waals surface area contributed by atoms with E-state index in [2.05, 4.69) is 21.0 Å². The van der Waals surface area contributed by atoms with E-state index in [4.69, 9.17) is 9.84 Å². The Morgan fingerprint density at radius 2 is 2.19 bits per heavy atom. The lowest BCUT2D eigenvalue weighted by atomic mass is 10.2. The summed E-state index contributed by atoms with van der Waals surface area (Å²) in [5.74, 6) is 0.324. The van der Waals surface area contributed by atoms with Crippen molar-refractivity contribution >= 4 is 28.0 Å². The number of carbonyl (C=O) groups is 1. The van der Waals surface area contributed by atoms with Crippen LogP contribution < -0.4 is 4.74 Å². The van der Waals surface area contributed by atoms with Gasteiger partial charge in [-0.05, 0) is 37.6 Å². The second kappa shape index (κ2) is 6.58. The normalized spacial score (nSPS) is 11.2. The minimum Gasteiger partial charge on any atom is -0.478 e. The SMILES string of the molecule is CC(C)n1cc(Oc2ccc(/C=C/C(=O)O)c(Br)c2)cn1. The number of aliphatic carboxylic acids is 1. The molecule has 1 N–H and O–H groups in total. The molecule has 1 aromatic carbocycles. The Bertz CT molecular complexity index is 677. The van der Waals surface area contributed by atoms with Gasteiger partial charge in [0.1, 0.15) is 5.75 Å². The number of carboxylic acid groups (broad SMARTS) is 1. The molecule has 0 saturated carbocycles. The molecule has 0 unspecified atom stereocenters. The molecule has 0 aliphatic rings. The molecule has 0 aliphatic heterocycles. The highest BCUT2D eigenvalue weighted by atomic mass is 79.9. The van der Waals surface area contributed by atoms with E-state index in [1.807, 2.05) is 24.7 Å². The largest absolute Gasteiger partial charge is 0.478 e. The molecule has 110 valence electrons. The van der Waals surface area contributed by atoms with E-state index in [9.17, 15) is 4.79 Å². The molecule has 0 radical (unpaired) electrons. The zero-order valence-electron chi connectivity index (χ0n) is 11.7. The zero-order chi connectivity index (χ0) is 15.4. The standard InChI is InChI=1S/C15H15BrN2O3/c1-10(2)18-9-13(8-17-18)21-12-5-3-11(14(16)7-12)4-6-15(19)20/h3-10H,1-2H3,(H,19,20)/b6-4+. The molecule has 0 atom stereocenters. The highest BCUT2D eigenvalue weighted by Gasteiger charge is 2.05. The van der Waals surface area contributed by atoms with Crippen molar-refractivity contribution in [1.29, 1.82) is 0 Å². The van der Waals surface area contributed by atoms with Gasteiger partial charge in [0.05, 0.1) is 12.4 Å². The second-order valence-corrected chi connectivity index (χ2v) is 5.56. The summed E-state index contributed by atoms with van der Waals surface area (Å²) in [6, 6.07) is 5.62. The van der Waals surface area contributed by atoms with E-state index in [0.29, 0.717) is 11.5 Å². The molecule has 2 aromatic rings. The van der Waals surface area contributed by atoms with Crippen LogP contribution in [0.25, 0.3) is 6.08 Å². The van der Waals surface area contributed by atoms with E-state index in [0.717, 1.165) is 16.1 Å².